The molecule has 20 heavy (non-hydrogen) atoms. The molecule has 0 spiro atoms. The molecule has 0 saturated heterocycles. The average molecular weight is 297 g/mol. The number of halogens is 1. The minimum atomic E-state index is -0.735. The number of rotatable bonds is 5. The van der Waals surface area contributed by atoms with Crippen molar-refractivity contribution < 1.29 is 14.3 Å². The summed E-state index contributed by atoms with van der Waals surface area (Å²) in [5.74, 6) is -0.378. The maximum absolute atomic E-state index is 12.1. The molecular formula is C14H17ClN2O3. The van der Waals surface area contributed by atoms with Crippen molar-refractivity contribution in [1.82, 2.24) is 0 Å². The van der Waals surface area contributed by atoms with E-state index in [1.807, 2.05) is 19.9 Å². The van der Waals surface area contributed by atoms with E-state index in [0.29, 0.717) is 22.2 Å². The molecule has 108 valence electrons. The highest BCUT2D eigenvalue weighted by atomic mass is 35.5. The molecule has 1 rings (SSSR count). The number of ether oxygens (including phenoxy) is 2. The molecule has 0 aliphatic heterocycles. The van der Waals surface area contributed by atoms with Crippen molar-refractivity contribution >= 4 is 23.2 Å². The van der Waals surface area contributed by atoms with Crippen LogP contribution in [0.5, 0.6) is 11.5 Å². The highest BCUT2D eigenvalue weighted by Gasteiger charge is 2.23. The van der Waals surface area contributed by atoms with Crippen LogP contribution in [0, 0.1) is 23.2 Å². The summed E-state index contributed by atoms with van der Waals surface area (Å²) in [5, 5.41) is 12.1. The standard InChI is InChI=1S/C14H17ClN2O3/c1-8(2)9(7-16)14(18)17-11-6-12(19-3)10(15)5-13(11)20-4/h5-6,8-9H,1-4H3,(H,17,18). The first-order chi connectivity index (χ1) is 9.44. The van der Waals surface area contributed by atoms with Crippen molar-refractivity contribution in [3.63, 3.8) is 0 Å². The number of anilines is 1. The molecule has 0 aliphatic rings. The van der Waals surface area contributed by atoms with Crippen LogP contribution in [0.4, 0.5) is 5.69 Å². The number of nitrogens with zero attached hydrogens (tertiary/aromatic N) is 1. The molecule has 0 saturated carbocycles. The molecule has 1 atom stereocenters. The molecule has 0 radical (unpaired) electrons. The first-order valence-electron chi connectivity index (χ1n) is 6.06. The van der Waals surface area contributed by atoms with Crippen molar-refractivity contribution in [3.8, 4) is 17.6 Å². The van der Waals surface area contributed by atoms with Gasteiger partial charge in [0, 0.05) is 12.1 Å². The van der Waals surface area contributed by atoms with Gasteiger partial charge in [0.2, 0.25) is 5.91 Å². The van der Waals surface area contributed by atoms with E-state index in [0.717, 1.165) is 0 Å². The molecular weight excluding hydrogens is 280 g/mol. The molecule has 5 nitrogen and oxygen atoms in total. The lowest BCUT2D eigenvalue weighted by Gasteiger charge is -2.16. The van der Waals surface area contributed by atoms with Gasteiger partial charge >= 0.3 is 0 Å². The largest absolute Gasteiger partial charge is 0.495 e. The van der Waals surface area contributed by atoms with E-state index in [1.165, 1.54) is 14.2 Å². The Labute approximate surface area is 123 Å². The first-order valence-corrected chi connectivity index (χ1v) is 6.44. The van der Waals surface area contributed by atoms with E-state index in [4.69, 9.17) is 26.3 Å². The van der Waals surface area contributed by atoms with Crippen LogP contribution in [-0.4, -0.2) is 20.1 Å². The third-order valence-corrected chi connectivity index (χ3v) is 3.12. The lowest BCUT2D eigenvalue weighted by molar-refractivity contribution is -0.119. The van der Waals surface area contributed by atoms with Crippen molar-refractivity contribution in [3.05, 3.63) is 17.2 Å². The molecule has 1 amide bonds. The monoisotopic (exact) mass is 296 g/mol. The van der Waals surface area contributed by atoms with Crippen LogP contribution in [0.15, 0.2) is 12.1 Å². The zero-order valence-electron chi connectivity index (χ0n) is 11.9. The smallest absolute Gasteiger partial charge is 0.242 e. The van der Waals surface area contributed by atoms with Gasteiger partial charge in [-0.3, -0.25) is 4.79 Å². The van der Waals surface area contributed by atoms with Gasteiger partial charge in [0.15, 0.2) is 0 Å². The number of nitriles is 1. The topological polar surface area (TPSA) is 71.3 Å². The molecule has 1 N–H and O–H groups in total. The van der Waals surface area contributed by atoms with Crippen molar-refractivity contribution in [2.24, 2.45) is 11.8 Å². The second kappa shape index (κ2) is 7.01. The molecule has 1 aromatic carbocycles. The van der Waals surface area contributed by atoms with Crippen molar-refractivity contribution in [1.29, 1.82) is 5.26 Å². The number of amides is 1. The van der Waals surface area contributed by atoms with E-state index in [-0.39, 0.29) is 11.8 Å². The molecule has 0 fully saturated rings. The van der Waals surface area contributed by atoms with E-state index < -0.39 is 5.92 Å². The summed E-state index contributed by atoms with van der Waals surface area (Å²) in [7, 11) is 2.95. The lowest BCUT2D eigenvalue weighted by atomic mass is 9.96. The Morgan fingerprint density at radius 1 is 1.30 bits per heavy atom. The Bertz CT molecular complexity index is 538. The summed E-state index contributed by atoms with van der Waals surface area (Å²) in [6.45, 7) is 3.63. The summed E-state index contributed by atoms with van der Waals surface area (Å²) in [5.41, 5.74) is 0.416. The Balaban J connectivity index is 3.08. The number of nitrogens with one attached hydrogen (secondary N) is 1. The predicted octanol–water partition coefficient (Wildman–Crippen LogP) is 3.09. The number of hydrogen-bond acceptors (Lipinski definition) is 4. The van der Waals surface area contributed by atoms with E-state index in [1.54, 1.807) is 12.1 Å². The second-order valence-corrected chi connectivity index (χ2v) is 4.93. The molecule has 0 aromatic heterocycles. The van der Waals surface area contributed by atoms with Crippen LogP contribution in [0.1, 0.15) is 13.8 Å². The molecule has 1 aromatic rings. The van der Waals surface area contributed by atoms with Gasteiger partial charge < -0.3 is 14.8 Å². The molecule has 0 aliphatic carbocycles. The van der Waals surface area contributed by atoms with Gasteiger partial charge in [0.25, 0.3) is 0 Å². The summed E-state index contributed by atoms with van der Waals surface area (Å²) < 4.78 is 10.3. The van der Waals surface area contributed by atoms with E-state index >= 15 is 0 Å². The van der Waals surface area contributed by atoms with E-state index in [2.05, 4.69) is 5.32 Å². The normalized spacial score (nSPS) is 11.7. The molecule has 0 bridgehead atoms. The van der Waals surface area contributed by atoms with Crippen LogP contribution < -0.4 is 14.8 Å². The highest BCUT2D eigenvalue weighted by Crippen LogP contribution is 2.36. The fourth-order valence-corrected chi connectivity index (χ4v) is 1.91. The fraction of sp³-hybridized carbons (Fsp3) is 0.429. The zero-order chi connectivity index (χ0) is 15.3. The van der Waals surface area contributed by atoms with Crippen LogP contribution in [0.25, 0.3) is 0 Å². The fourth-order valence-electron chi connectivity index (χ4n) is 1.68. The summed E-state index contributed by atoms with van der Waals surface area (Å²) in [6.07, 6.45) is 0. The minimum Gasteiger partial charge on any atom is -0.495 e. The van der Waals surface area contributed by atoms with Gasteiger partial charge in [-0.25, -0.2) is 0 Å². The molecule has 6 heteroatoms. The van der Waals surface area contributed by atoms with Gasteiger partial charge in [0.05, 0.1) is 31.0 Å². The number of benzene rings is 1. The van der Waals surface area contributed by atoms with Crippen molar-refractivity contribution in [2.75, 3.05) is 19.5 Å². The third-order valence-electron chi connectivity index (χ3n) is 2.82. The first kappa shape index (κ1) is 16.1. The Kier molecular flexibility index (Phi) is 5.66. The number of carbonyl (C=O) groups is 1. The molecule has 0 heterocycles. The Hall–Kier alpha value is -1.93. The van der Waals surface area contributed by atoms with Gasteiger partial charge in [-0.2, -0.15) is 5.26 Å². The van der Waals surface area contributed by atoms with Gasteiger partial charge in [-0.05, 0) is 5.92 Å². The van der Waals surface area contributed by atoms with Gasteiger partial charge in [-0.15, -0.1) is 0 Å². The van der Waals surface area contributed by atoms with Gasteiger partial charge in [-0.1, -0.05) is 25.4 Å². The number of methoxy groups -OCH3 is 2. The van der Waals surface area contributed by atoms with Crippen molar-refractivity contribution in [2.45, 2.75) is 13.8 Å². The van der Waals surface area contributed by atoms with Gasteiger partial charge in [0.1, 0.15) is 17.4 Å². The quantitative estimate of drug-likeness (QED) is 0.906. The minimum absolute atomic E-state index is 0.0832. The maximum atomic E-state index is 12.1. The second-order valence-electron chi connectivity index (χ2n) is 4.53. The van der Waals surface area contributed by atoms with Crippen LogP contribution >= 0.6 is 11.6 Å². The lowest BCUT2D eigenvalue weighted by Crippen LogP contribution is -2.25. The van der Waals surface area contributed by atoms with Crippen LogP contribution in [-0.2, 0) is 4.79 Å². The highest BCUT2D eigenvalue weighted by molar-refractivity contribution is 6.32. The van der Waals surface area contributed by atoms with Crippen LogP contribution in [0.2, 0.25) is 5.02 Å². The molecule has 1 unspecified atom stereocenters. The SMILES string of the molecule is COc1cc(NC(=O)C(C#N)C(C)C)c(OC)cc1Cl. The summed E-state index contributed by atoms with van der Waals surface area (Å²) in [4.78, 5) is 12.1. The maximum Gasteiger partial charge on any atom is 0.242 e. The average Bonchev–Trinajstić information content (AvgIpc) is 2.40. The number of hydrogen-bond donors (Lipinski definition) is 1. The van der Waals surface area contributed by atoms with E-state index in [9.17, 15) is 4.79 Å². The third kappa shape index (κ3) is 3.55. The Morgan fingerprint density at radius 3 is 2.35 bits per heavy atom. The Morgan fingerprint density at radius 2 is 1.90 bits per heavy atom. The zero-order valence-corrected chi connectivity index (χ0v) is 12.6. The summed E-state index contributed by atoms with van der Waals surface area (Å²) >= 11 is 5.99. The van der Waals surface area contributed by atoms with Crippen LogP contribution in [0.3, 0.4) is 0 Å². The number of carbonyl (C=O) groups excluding carboxylic acids is 1. The summed E-state index contributed by atoms with van der Waals surface area (Å²) in [6, 6.07) is 5.10. The predicted molar refractivity (Wildman–Crippen MR) is 77.1 cm³/mol.